The van der Waals surface area contributed by atoms with Crippen molar-refractivity contribution < 1.29 is 19.4 Å². The predicted molar refractivity (Wildman–Crippen MR) is 119 cm³/mol. The molecule has 6 heteroatoms. The summed E-state index contributed by atoms with van der Waals surface area (Å²) < 4.78 is 5.61. The highest BCUT2D eigenvalue weighted by molar-refractivity contribution is 8.04. The van der Waals surface area contributed by atoms with Crippen LogP contribution in [0.25, 0.3) is 5.57 Å². The zero-order chi connectivity index (χ0) is 21.1. The molecule has 0 atom stereocenters. The molecule has 0 fully saturated rings. The standard InChI is InChI=1S/C23H33NO4S/c1-3-5-6-7-8-9-14-24-22(26)20(21(23(24)27)29-17-15-25)18-10-12-19(13-11-18)28-16-4-2/h10-13,25H,3-9,14-17H2,1-2H3. The van der Waals surface area contributed by atoms with Gasteiger partial charge in [0.15, 0.2) is 0 Å². The highest BCUT2D eigenvalue weighted by Crippen LogP contribution is 2.36. The summed E-state index contributed by atoms with van der Waals surface area (Å²) in [6, 6.07) is 7.33. The Balaban J connectivity index is 2.10. The van der Waals surface area contributed by atoms with Crippen molar-refractivity contribution >= 4 is 29.1 Å². The second kappa shape index (κ2) is 12.7. The second-order valence-corrected chi connectivity index (χ2v) is 8.28. The molecule has 0 aliphatic carbocycles. The first-order chi connectivity index (χ1) is 14.1. The molecular weight excluding hydrogens is 386 g/mol. The molecule has 1 heterocycles. The van der Waals surface area contributed by atoms with Gasteiger partial charge in [0.25, 0.3) is 11.8 Å². The molecule has 0 unspecified atom stereocenters. The van der Waals surface area contributed by atoms with Crippen molar-refractivity contribution in [2.45, 2.75) is 58.8 Å². The van der Waals surface area contributed by atoms with Gasteiger partial charge in [-0.2, -0.15) is 0 Å². The Bertz CT molecular complexity index is 699. The Labute approximate surface area is 178 Å². The van der Waals surface area contributed by atoms with Crippen molar-refractivity contribution in [2.24, 2.45) is 0 Å². The highest BCUT2D eigenvalue weighted by Gasteiger charge is 2.38. The molecule has 160 valence electrons. The predicted octanol–water partition coefficient (Wildman–Crippen LogP) is 4.64. The van der Waals surface area contributed by atoms with Crippen LogP contribution in [0.5, 0.6) is 5.75 Å². The maximum absolute atomic E-state index is 13.1. The van der Waals surface area contributed by atoms with E-state index in [9.17, 15) is 14.7 Å². The minimum atomic E-state index is -0.233. The molecule has 0 radical (unpaired) electrons. The van der Waals surface area contributed by atoms with Crippen molar-refractivity contribution in [2.75, 3.05) is 25.5 Å². The highest BCUT2D eigenvalue weighted by atomic mass is 32.2. The molecule has 0 spiro atoms. The van der Waals surface area contributed by atoms with Crippen molar-refractivity contribution in [1.29, 1.82) is 0 Å². The SMILES string of the molecule is CCCCCCCCN1C(=O)C(SCCO)=C(c2ccc(OCCC)cc2)C1=O. The number of amides is 2. The number of rotatable bonds is 14. The monoisotopic (exact) mass is 419 g/mol. The molecule has 0 saturated carbocycles. The number of imide groups is 1. The van der Waals surface area contributed by atoms with E-state index in [-0.39, 0.29) is 18.4 Å². The zero-order valence-corrected chi connectivity index (χ0v) is 18.4. The molecule has 0 aromatic heterocycles. The largest absolute Gasteiger partial charge is 0.494 e. The van der Waals surface area contributed by atoms with Gasteiger partial charge in [-0.25, -0.2) is 0 Å². The van der Waals surface area contributed by atoms with Crippen LogP contribution >= 0.6 is 11.8 Å². The number of aliphatic hydroxyl groups excluding tert-OH is 1. The van der Waals surface area contributed by atoms with Crippen LogP contribution < -0.4 is 4.74 Å². The van der Waals surface area contributed by atoms with Gasteiger partial charge in [0.2, 0.25) is 0 Å². The van der Waals surface area contributed by atoms with Crippen molar-refractivity contribution in [3.8, 4) is 5.75 Å². The smallest absolute Gasteiger partial charge is 0.267 e. The van der Waals surface area contributed by atoms with Crippen LogP contribution in [0, 0.1) is 0 Å². The summed E-state index contributed by atoms with van der Waals surface area (Å²) in [4.78, 5) is 27.8. The van der Waals surface area contributed by atoms with E-state index in [0.717, 1.165) is 37.0 Å². The molecule has 1 aromatic carbocycles. The van der Waals surface area contributed by atoms with Gasteiger partial charge in [0, 0.05) is 12.3 Å². The fourth-order valence-corrected chi connectivity index (χ4v) is 4.16. The Morgan fingerprint density at radius 2 is 1.62 bits per heavy atom. The Kier molecular flexibility index (Phi) is 10.3. The summed E-state index contributed by atoms with van der Waals surface area (Å²) in [5, 5.41) is 9.19. The lowest BCUT2D eigenvalue weighted by atomic mass is 10.1. The van der Waals surface area contributed by atoms with E-state index < -0.39 is 0 Å². The number of aliphatic hydroxyl groups is 1. The quantitative estimate of drug-likeness (QED) is 0.351. The summed E-state index contributed by atoms with van der Waals surface area (Å²) >= 11 is 1.26. The van der Waals surface area contributed by atoms with Crippen LogP contribution in [0.2, 0.25) is 0 Å². The number of benzene rings is 1. The first kappa shape index (κ1) is 23.5. The van der Waals surface area contributed by atoms with Crippen LogP contribution in [-0.2, 0) is 9.59 Å². The lowest BCUT2D eigenvalue weighted by Gasteiger charge is -2.15. The van der Waals surface area contributed by atoms with E-state index in [1.165, 1.54) is 35.9 Å². The van der Waals surface area contributed by atoms with Crippen molar-refractivity contribution in [3.05, 3.63) is 34.7 Å². The molecule has 1 aliphatic heterocycles. The summed E-state index contributed by atoms with van der Waals surface area (Å²) in [6.07, 6.45) is 7.54. The van der Waals surface area contributed by atoms with Crippen LogP contribution in [0.3, 0.4) is 0 Å². The number of thioether (sulfide) groups is 1. The first-order valence-electron chi connectivity index (χ1n) is 10.7. The molecule has 1 aliphatic rings. The summed E-state index contributed by atoms with van der Waals surface area (Å²) in [5.74, 6) is 0.677. The van der Waals surface area contributed by atoms with Crippen LogP contribution in [0.15, 0.2) is 29.2 Å². The normalized spacial score (nSPS) is 14.2. The molecule has 0 saturated heterocycles. The van der Waals surface area contributed by atoms with Gasteiger partial charge >= 0.3 is 0 Å². The van der Waals surface area contributed by atoms with E-state index in [0.29, 0.717) is 29.4 Å². The first-order valence-corrected chi connectivity index (χ1v) is 11.7. The number of carbonyl (C=O) groups is 2. The van der Waals surface area contributed by atoms with E-state index in [2.05, 4.69) is 6.92 Å². The number of unbranched alkanes of at least 4 members (excludes halogenated alkanes) is 5. The fraction of sp³-hybridized carbons (Fsp3) is 0.565. The Morgan fingerprint density at radius 3 is 2.28 bits per heavy atom. The van der Waals surface area contributed by atoms with E-state index in [1.54, 1.807) is 0 Å². The number of carbonyl (C=O) groups excluding carboxylic acids is 2. The van der Waals surface area contributed by atoms with Gasteiger partial charge in [-0.3, -0.25) is 14.5 Å². The van der Waals surface area contributed by atoms with Crippen molar-refractivity contribution in [1.82, 2.24) is 4.90 Å². The minimum absolute atomic E-state index is 0.0376. The molecule has 1 N–H and O–H groups in total. The number of nitrogens with zero attached hydrogens (tertiary/aromatic N) is 1. The molecular formula is C23H33NO4S. The van der Waals surface area contributed by atoms with Crippen LogP contribution in [0.4, 0.5) is 0 Å². The molecule has 2 amide bonds. The topological polar surface area (TPSA) is 66.8 Å². The van der Waals surface area contributed by atoms with Gasteiger partial charge in [0.1, 0.15) is 5.75 Å². The number of ether oxygens (including phenoxy) is 1. The summed E-state index contributed by atoms with van der Waals surface area (Å²) in [5.41, 5.74) is 1.17. The summed E-state index contributed by atoms with van der Waals surface area (Å²) in [7, 11) is 0. The van der Waals surface area contributed by atoms with Gasteiger partial charge in [-0.1, -0.05) is 58.1 Å². The van der Waals surface area contributed by atoms with E-state index in [4.69, 9.17) is 4.74 Å². The fourth-order valence-electron chi connectivity index (χ4n) is 3.28. The molecule has 1 aromatic rings. The van der Waals surface area contributed by atoms with Crippen LogP contribution in [-0.4, -0.2) is 47.3 Å². The zero-order valence-electron chi connectivity index (χ0n) is 17.6. The maximum Gasteiger partial charge on any atom is 0.267 e. The van der Waals surface area contributed by atoms with E-state index in [1.807, 2.05) is 31.2 Å². The second-order valence-electron chi connectivity index (χ2n) is 7.18. The van der Waals surface area contributed by atoms with Gasteiger partial charge < -0.3 is 9.84 Å². The van der Waals surface area contributed by atoms with Crippen molar-refractivity contribution in [3.63, 3.8) is 0 Å². The van der Waals surface area contributed by atoms with Gasteiger partial charge in [0.05, 0.1) is 23.7 Å². The Hall–Kier alpha value is -1.79. The molecule has 5 nitrogen and oxygen atoms in total. The third kappa shape index (κ3) is 6.61. The third-order valence-electron chi connectivity index (χ3n) is 4.81. The van der Waals surface area contributed by atoms with E-state index >= 15 is 0 Å². The Morgan fingerprint density at radius 1 is 0.931 bits per heavy atom. The minimum Gasteiger partial charge on any atom is -0.494 e. The average molecular weight is 420 g/mol. The average Bonchev–Trinajstić information content (AvgIpc) is 2.97. The third-order valence-corrected chi connectivity index (χ3v) is 5.87. The number of hydrogen-bond acceptors (Lipinski definition) is 5. The lowest BCUT2D eigenvalue weighted by Crippen LogP contribution is -2.32. The maximum atomic E-state index is 13.1. The molecule has 2 rings (SSSR count). The summed E-state index contributed by atoms with van der Waals surface area (Å²) in [6.45, 7) is 5.29. The molecule has 29 heavy (non-hydrogen) atoms. The number of hydrogen-bond donors (Lipinski definition) is 1. The lowest BCUT2D eigenvalue weighted by molar-refractivity contribution is -0.136. The van der Waals surface area contributed by atoms with Gasteiger partial charge in [-0.05, 0) is 30.5 Å². The molecule has 0 bridgehead atoms. The van der Waals surface area contributed by atoms with Crippen LogP contribution in [0.1, 0.15) is 64.4 Å². The van der Waals surface area contributed by atoms with Gasteiger partial charge in [-0.15, -0.1) is 11.8 Å².